The van der Waals surface area contributed by atoms with E-state index in [0.717, 1.165) is 0 Å². The quantitative estimate of drug-likeness (QED) is 0.540. The summed E-state index contributed by atoms with van der Waals surface area (Å²) in [7, 11) is 1.59. The highest BCUT2D eigenvalue weighted by molar-refractivity contribution is 5.65. The maximum Gasteiger partial charge on any atom is 0.404 e. The van der Waals surface area contributed by atoms with E-state index in [0.29, 0.717) is 18.8 Å². The van der Waals surface area contributed by atoms with E-state index in [4.69, 9.17) is 5.11 Å². The average Bonchev–Trinajstić information content (AvgIpc) is 2.68. The summed E-state index contributed by atoms with van der Waals surface area (Å²) in [6.07, 6.45) is 0.689. The lowest BCUT2D eigenvalue weighted by molar-refractivity contribution is -0.384. The number of aryl methyl sites for hydroxylation is 1. The van der Waals surface area contributed by atoms with Crippen LogP contribution in [0.4, 0.5) is 16.3 Å². The van der Waals surface area contributed by atoms with Crippen molar-refractivity contribution in [3.8, 4) is 0 Å². The van der Waals surface area contributed by atoms with Crippen LogP contribution in [0.2, 0.25) is 0 Å². The highest BCUT2D eigenvalue weighted by Crippen LogP contribution is 2.31. The summed E-state index contributed by atoms with van der Waals surface area (Å²) in [5, 5.41) is 36.7. The van der Waals surface area contributed by atoms with Crippen molar-refractivity contribution in [3.05, 3.63) is 16.3 Å². The van der Waals surface area contributed by atoms with E-state index in [9.17, 15) is 20.0 Å². The molecule has 0 spiro atoms. The molecule has 1 amide bonds. The lowest BCUT2D eigenvalue weighted by Gasteiger charge is -2.29. The number of aromatic nitrogens is 2. The Bertz CT molecular complexity index is 584. The maximum atomic E-state index is 11.1. The third kappa shape index (κ3) is 3.45. The van der Waals surface area contributed by atoms with Gasteiger partial charge in [0, 0.05) is 26.2 Å². The maximum absolute atomic E-state index is 11.1. The van der Waals surface area contributed by atoms with E-state index in [1.54, 1.807) is 18.9 Å². The minimum absolute atomic E-state index is 0.136. The fraction of sp³-hybridized carbons (Fsp3) is 0.667. The number of anilines is 1. The average molecular weight is 313 g/mol. The van der Waals surface area contributed by atoms with E-state index in [2.05, 4.69) is 10.4 Å². The van der Waals surface area contributed by atoms with Crippen molar-refractivity contribution in [2.75, 3.05) is 18.0 Å². The summed E-state index contributed by atoms with van der Waals surface area (Å²) in [6.45, 7) is 2.12. The largest absolute Gasteiger partial charge is 0.465 e. The van der Waals surface area contributed by atoms with E-state index in [1.807, 2.05) is 0 Å². The zero-order valence-corrected chi connectivity index (χ0v) is 12.4. The third-order valence-electron chi connectivity index (χ3n) is 3.68. The lowest BCUT2D eigenvalue weighted by Crippen LogP contribution is -2.42. The van der Waals surface area contributed by atoms with E-state index >= 15 is 0 Å². The molecule has 2 atom stereocenters. The van der Waals surface area contributed by atoms with E-state index < -0.39 is 22.7 Å². The summed E-state index contributed by atoms with van der Waals surface area (Å²) in [6, 6.07) is -0.412. The van der Waals surface area contributed by atoms with Gasteiger partial charge in [-0.3, -0.25) is 10.1 Å². The Morgan fingerprint density at radius 3 is 2.91 bits per heavy atom. The van der Waals surface area contributed by atoms with Crippen LogP contribution in [0.5, 0.6) is 0 Å². The number of nitrogens with zero attached hydrogens (tertiary/aromatic N) is 4. The minimum atomic E-state index is -1.18. The second-order valence-corrected chi connectivity index (χ2v) is 5.79. The van der Waals surface area contributed by atoms with Crippen molar-refractivity contribution < 1.29 is 19.9 Å². The molecule has 10 heteroatoms. The van der Waals surface area contributed by atoms with Gasteiger partial charge < -0.3 is 20.4 Å². The molecule has 0 aliphatic carbocycles. The molecule has 1 fully saturated rings. The molecule has 0 saturated carbocycles. The first-order valence-corrected chi connectivity index (χ1v) is 6.83. The van der Waals surface area contributed by atoms with Crippen molar-refractivity contribution in [3.63, 3.8) is 0 Å². The van der Waals surface area contributed by atoms with E-state index in [1.165, 1.54) is 10.9 Å². The van der Waals surface area contributed by atoms with Gasteiger partial charge in [0.25, 0.3) is 0 Å². The van der Waals surface area contributed by atoms with Gasteiger partial charge in [-0.05, 0) is 19.8 Å². The molecule has 10 nitrogen and oxygen atoms in total. The number of hydrogen-bond acceptors (Lipinski definition) is 6. The molecule has 1 saturated heterocycles. The van der Waals surface area contributed by atoms with Gasteiger partial charge in [-0.2, -0.15) is 5.10 Å². The second kappa shape index (κ2) is 5.79. The molecule has 1 aliphatic rings. The van der Waals surface area contributed by atoms with Crippen LogP contribution in [0.3, 0.4) is 0 Å². The fourth-order valence-electron chi connectivity index (χ4n) is 2.89. The Balaban J connectivity index is 2.28. The number of nitrogens with one attached hydrogen (secondary N) is 1. The molecule has 1 aliphatic heterocycles. The van der Waals surface area contributed by atoms with Crippen molar-refractivity contribution >= 4 is 17.6 Å². The Kier molecular flexibility index (Phi) is 4.22. The van der Waals surface area contributed by atoms with Crippen LogP contribution in [0, 0.1) is 10.1 Å². The van der Waals surface area contributed by atoms with Crippen molar-refractivity contribution in [1.29, 1.82) is 0 Å². The van der Waals surface area contributed by atoms with Gasteiger partial charge in [-0.1, -0.05) is 0 Å². The zero-order chi connectivity index (χ0) is 16.5. The van der Waals surface area contributed by atoms with Gasteiger partial charge in [0.2, 0.25) is 5.82 Å². The molecule has 2 heterocycles. The summed E-state index contributed by atoms with van der Waals surface area (Å²) in [4.78, 5) is 23.1. The fourth-order valence-corrected chi connectivity index (χ4v) is 2.89. The monoisotopic (exact) mass is 313 g/mol. The van der Waals surface area contributed by atoms with Gasteiger partial charge in [0.15, 0.2) is 0 Å². The highest BCUT2D eigenvalue weighted by Gasteiger charge is 2.36. The van der Waals surface area contributed by atoms with Crippen molar-refractivity contribution in [2.24, 2.45) is 7.05 Å². The van der Waals surface area contributed by atoms with Gasteiger partial charge in [-0.25, -0.2) is 9.48 Å². The summed E-state index contributed by atoms with van der Waals surface area (Å²) in [5.74, 6) is 0.307. The normalized spacial score (nSPS) is 25.6. The van der Waals surface area contributed by atoms with E-state index in [-0.39, 0.29) is 18.7 Å². The lowest BCUT2D eigenvalue weighted by atomic mass is 9.97. The minimum Gasteiger partial charge on any atom is -0.465 e. The van der Waals surface area contributed by atoms with Gasteiger partial charge >= 0.3 is 11.8 Å². The number of carbonyl (C=O) groups is 1. The topological polar surface area (TPSA) is 134 Å². The number of nitro groups is 1. The highest BCUT2D eigenvalue weighted by atomic mass is 16.6. The number of carboxylic acid groups (broad SMARTS) is 1. The van der Waals surface area contributed by atoms with Crippen LogP contribution < -0.4 is 10.2 Å². The zero-order valence-electron chi connectivity index (χ0n) is 12.4. The van der Waals surface area contributed by atoms with Gasteiger partial charge in [0.05, 0.1) is 10.5 Å². The van der Waals surface area contributed by atoms with Crippen LogP contribution in [0.15, 0.2) is 6.20 Å². The van der Waals surface area contributed by atoms with Gasteiger partial charge in [-0.15, -0.1) is 0 Å². The number of aliphatic hydroxyl groups is 1. The number of hydrogen-bond donors (Lipinski definition) is 3. The van der Waals surface area contributed by atoms with Crippen LogP contribution in [-0.2, 0) is 7.05 Å². The predicted molar refractivity (Wildman–Crippen MR) is 76.9 cm³/mol. The smallest absolute Gasteiger partial charge is 0.404 e. The second-order valence-electron chi connectivity index (χ2n) is 5.79. The number of amides is 1. The molecular formula is C12H19N5O5. The van der Waals surface area contributed by atoms with Crippen LogP contribution in [0.25, 0.3) is 0 Å². The Hall–Kier alpha value is -2.36. The Morgan fingerprint density at radius 1 is 1.64 bits per heavy atom. The molecule has 2 unspecified atom stereocenters. The summed E-state index contributed by atoms with van der Waals surface area (Å²) in [5.41, 5.74) is -1.31. The predicted octanol–water partition coefficient (Wildman–Crippen LogP) is 0.316. The van der Waals surface area contributed by atoms with Crippen LogP contribution >= 0.6 is 0 Å². The molecule has 0 aromatic carbocycles. The molecule has 1 aromatic heterocycles. The molecule has 2 rings (SSSR count). The Morgan fingerprint density at radius 2 is 2.32 bits per heavy atom. The van der Waals surface area contributed by atoms with Crippen molar-refractivity contribution in [1.82, 2.24) is 15.1 Å². The molecule has 1 aromatic rings. The van der Waals surface area contributed by atoms with Gasteiger partial charge in [0.1, 0.15) is 6.20 Å². The summed E-state index contributed by atoms with van der Waals surface area (Å²) < 4.78 is 1.39. The Labute approximate surface area is 126 Å². The molecule has 122 valence electrons. The molecule has 3 N–H and O–H groups in total. The first-order chi connectivity index (χ1) is 10.2. The summed E-state index contributed by atoms with van der Waals surface area (Å²) >= 11 is 0. The molecule has 0 bridgehead atoms. The van der Waals surface area contributed by atoms with Crippen LogP contribution in [-0.4, -0.2) is 55.7 Å². The van der Waals surface area contributed by atoms with Crippen LogP contribution in [0.1, 0.15) is 19.8 Å². The first-order valence-electron chi connectivity index (χ1n) is 6.83. The van der Waals surface area contributed by atoms with Crippen molar-refractivity contribution in [2.45, 2.75) is 31.4 Å². The SMILES string of the molecule is Cn1ncc([N+](=O)[O-])c1N1CCC(NC(=O)O)CC(C)(O)C1. The molecule has 22 heavy (non-hydrogen) atoms. The third-order valence-corrected chi connectivity index (χ3v) is 3.68. The standard InChI is InChI=1S/C12H19N5O5/c1-12(20)5-8(14-11(18)19)3-4-16(7-12)10-9(17(21)22)6-13-15(10)2/h6,8,14,20H,3-5,7H2,1-2H3,(H,18,19). The first kappa shape index (κ1) is 16.0. The number of β-amino-alcohol motifs (C(OH)–C–C–N with tert-alkyl or cyclic N) is 1. The number of rotatable bonds is 3. The molecule has 0 radical (unpaired) electrons. The molecular weight excluding hydrogens is 294 g/mol.